The van der Waals surface area contributed by atoms with Gasteiger partial charge in [-0.1, -0.05) is 6.92 Å². The molecule has 0 aromatic heterocycles. The zero-order chi connectivity index (χ0) is 14.5. The van der Waals surface area contributed by atoms with E-state index in [2.05, 4.69) is 0 Å². The number of esters is 1. The number of hydrogen-bond donors (Lipinski definition) is 0. The van der Waals surface area contributed by atoms with Gasteiger partial charge < -0.3 is 18.9 Å². The summed E-state index contributed by atoms with van der Waals surface area (Å²) in [4.78, 5) is 25.6. The minimum absolute atomic E-state index is 0.0563. The van der Waals surface area contributed by atoms with Crippen molar-refractivity contribution < 1.29 is 28.5 Å². The molecule has 2 fully saturated rings. The van der Waals surface area contributed by atoms with Crippen molar-refractivity contribution in [2.45, 2.75) is 44.2 Å². The Morgan fingerprint density at radius 1 is 1.42 bits per heavy atom. The van der Waals surface area contributed by atoms with Gasteiger partial charge in [-0.05, 0) is 13.3 Å². The summed E-state index contributed by atoms with van der Waals surface area (Å²) in [5.74, 6) is -1.79. The SMILES string of the molecule is CC[C@@]1(C(=O)OC)CO[C@]2(C)N1C(=O)O[C@@]2(C)OC. The third-order valence-electron chi connectivity index (χ3n) is 4.29. The van der Waals surface area contributed by atoms with Gasteiger partial charge in [-0.3, -0.25) is 4.90 Å². The normalized spacial score (nSPS) is 41.1. The molecule has 0 N–H and O–H groups in total. The summed E-state index contributed by atoms with van der Waals surface area (Å²) in [6, 6.07) is 0. The highest BCUT2D eigenvalue weighted by Gasteiger charge is 2.73. The maximum atomic E-state index is 12.2. The molecule has 7 heteroatoms. The summed E-state index contributed by atoms with van der Waals surface area (Å²) in [5.41, 5.74) is -2.33. The molecule has 0 spiro atoms. The van der Waals surface area contributed by atoms with E-state index < -0.39 is 29.1 Å². The van der Waals surface area contributed by atoms with Crippen LogP contribution in [0.4, 0.5) is 4.79 Å². The lowest BCUT2D eigenvalue weighted by Gasteiger charge is -2.37. The van der Waals surface area contributed by atoms with Crippen molar-refractivity contribution in [2.75, 3.05) is 20.8 Å². The smallest absolute Gasteiger partial charge is 0.416 e. The molecule has 2 saturated heterocycles. The molecule has 2 aliphatic heterocycles. The first-order valence-corrected chi connectivity index (χ1v) is 6.12. The number of carbonyl (C=O) groups is 2. The van der Waals surface area contributed by atoms with Gasteiger partial charge in [0.05, 0.1) is 13.7 Å². The van der Waals surface area contributed by atoms with Crippen LogP contribution in [0.25, 0.3) is 0 Å². The van der Waals surface area contributed by atoms with Crippen LogP contribution in [0.3, 0.4) is 0 Å². The van der Waals surface area contributed by atoms with Gasteiger partial charge >= 0.3 is 12.1 Å². The molecule has 0 unspecified atom stereocenters. The predicted molar refractivity (Wildman–Crippen MR) is 63.1 cm³/mol. The zero-order valence-electron chi connectivity index (χ0n) is 11.8. The van der Waals surface area contributed by atoms with Crippen molar-refractivity contribution in [3.8, 4) is 0 Å². The number of carbonyl (C=O) groups excluding carboxylic acids is 2. The van der Waals surface area contributed by atoms with Crippen LogP contribution in [0.15, 0.2) is 0 Å². The summed E-state index contributed by atoms with van der Waals surface area (Å²) in [7, 11) is 2.71. The van der Waals surface area contributed by atoms with Gasteiger partial charge in [0, 0.05) is 14.0 Å². The van der Waals surface area contributed by atoms with Gasteiger partial charge in [0.2, 0.25) is 5.72 Å². The van der Waals surface area contributed by atoms with Crippen LogP contribution in [-0.2, 0) is 23.7 Å². The predicted octanol–water partition coefficient (Wildman–Crippen LogP) is 0.869. The Bertz CT molecular complexity index is 426. The molecule has 0 saturated carbocycles. The van der Waals surface area contributed by atoms with Crippen molar-refractivity contribution in [3.63, 3.8) is 0 Å². The van der Waals surface area contributed by atoms with E-state index in [1.54, 1.807) is 20.8 Å². The fourth-order valence-corrected chi connectivity index (χ4v) is 2.76. The van der Waals surface area contributed by atoms with Gasteiger partial charge in [0.1, 0.15) is 0 Å². The molecule has 0 aliphatic carbocycles. The van der Waals surface area contributed by atoms with E-state index in [1.807, 2.05) is 0 Å². The number of hydrogen-bond acceptors (Lipinski definition) is 6. The second kappa shape index (κ2) is 4.08. The van der Waals surface area contributed by atoms with Gasteiger partial charge in [0.15, 0.2) is 5.54 Å². The lowest BCUT2D eigenvalue weighted by atomic mass is 9.94. The third kappa shape index (κ3) is 1.45. The van der Waals surface area contributed by atoms with E-state index >= 15 is 0 Å². The number of amides is 1. The first kappa shape index (κ1) is 14.1. The zero-order valence-corrected chi connectivity index (χ0v) is 11.8. The number of rotatable bonds is 3. The van der Waals surface area contributed by atoms with Crippen LogP contribution in [0.5, 0.6) is 0 Å². The van der Waals surface area contributed by atoms with Crippen LogP contribution in [0, 0.1) is 0 Å². The topological polar surface area (TPSA) is 74.3 Å². The molecule has 0 bridgehead atoms. The Morgan fingerprint density at radius 2 is 2.05 bits per heavy atom. The van der Waals surface area contributed by atoms with Gasteiger partial charge in [0.25, 0.3) is 5.79 Å². The number of ether oxygens (including phenoxy) is 4. The van der Waals surface area contributed by atoms with Crippen LogP contribution < -0.4 is 0 Å². The van der Waals surface area contributed by atoms with E-state index in [9.17, 15) is 9.59 Å². The second-order valence-electron chi connectivity index (χ2n) is 5.00. The minimum Gasteiger partial charge on any atom is -0.467 e. The maximum absolute atomic E-state index is 12.2. The van der Waals surface area contributed by atoms with Crippen molar-refractivity contribution in [3.05, 3.63) is 0 Å². The number of nitrogens with zero attached hydrogens (tertiary/aromatic N) is 1. The van der Waals surface area contributed by atoms with Gasteiger partial charge in [-0.15, -0.1) is 0 Å². The summed E-state index contributed by atoms with van der Waals surface area (Å²) in [6.07, 6.45) is -0.277. The Hall–Kier alpha value is -1.34. The highest BCUT2D eigenvalue weighted by molar-refractivity contribution is 5.88. The number of fused-ring (bicyclic) bond motifs is 1. The summed E-state index contributed by atoms with van der Waals surface area (Å²) in [6.45, 7) is 5.12. The molecule has 2 heterocycles. The fraction of sp³-hybridized carbons (Fsp3) is 0.833. The summed E-state index contributed by atoms with van der Waals surface area (Å²) >= 11 is 0. The monoisotopic (exact) mass is 273 g/mol. The second-order valence-corrected chi connectivity index (χ2v) is 5.00. The van der Waals surface area contributed by atoms with E-state index in [0.717, 1.165) is 0 Å². The molecule has 0 aromatic rings. The van der Waals surface area contributed by atoms with Crippen molar-refractivity contribution in [1.29, 1.82) is 0 Å². The summed E-state index contributed by atoms with van der Waals surface area (Å²) < 4.78 is 21.1. The molecule has 108 valence electrons. The average molecular weight is 273 g/mol. The van der Waals surface area contributed by atoms with Gasteiger partial charge in [-0.2, -0.15) is 0 Å². The fourth-order valence-electron chi connectivity index (χ4n) is 2.76. The first-order valence-electron chi connectivity index (χ1n) is 6.12. The van der Waals surface area contributed by atoms with Crippen molar-refractivity contribution in [2.24, 2.45) is 0 Å². The number of cyclic esters (lactones) is 1. The Morgan fingerprint density at radius 3 is 2.53 bits per heavy atom. The summed E-state index contributed by atoms with van der Waals surface area (Å²) in [5, 5.41) is 0. The van der Waals surface area contributed by atoms with E-state index in [4.69, 9.17) is 18.9 Å². The van der Waals surface area contributed by atoms with E-state index in [1.165, 1.54) is 19.1 Å². The Balaban J connectivity index is 2.52. The van der Waals surface area contributed by atoms with Crippen molar-refractivity contribution >= 4 is 12.1 Å². The number of methoxy groups -OCH3 is 2. The average Bonchev–Trinajstić information content (AvgIpc) is 2.82. The molecule has 19 heavy (non-hydrogen) atoms. The third-order valence-corrected chi connectivity index (χ3v) is 4.29. The molecule has 0 radical (unpaired) electrons. The molecule has 3 atom stereocenters. The molecular weight excluding hydrogens is 254 g/mol. The lowest BCUT2D eigenvalue weighted by Crippen LogP contribution is -2.61. The Labute approximate surface area is 111 Å². The molecule has 2 rings (SSSR count). The van der Waals surface area contributed by atoms with Crippen LogP contribution in [0.2, 0.25) is 0 Å². The first-order chi connectivity index (χ1) is 8.81. The highest BCUT2D eigenvalue weighted by Crippen LogP contribution is 2.50. The molecule has 7 nitrogen and oxygen atoms in total. The van der Waals surface area contributed by atoms with E-state index in [-0.39, 0.29) is 6.61 Å². The van der Waals surface area contributed by atoms with Gasteiger partial charge in [-0.25, -0.2) is 9.59 Å². The molecule has 0 aromatic carbocycles. The highest BCUT2D eigenvalue weighted by atomic mass is 16.8. The lowest BCUT2D eigenvalue weighted by molar-refractivity contribution is -0.259. The standard InChI is InChI=1S/C12H19NO6/c1-6-12(8(14)16-4)7-18-10(2)11(3,17-5)19-9(15)13(10)12/h6-7H2,1-5H3/t10-,11+,12-/m0/s1. The van der Waals surface area contributed by atoms with Crippen LogP contribution in [-0.4, -0.2) is 54.8 Å². The van der Waals surface area contributed by atoms with Crippen LogP contribution >= 0.6 is 0 Å². The molecule has 2 aliphatic rings. The largest absolute Gasteiger partial charge is 0.467 e. The quantitative estimate of drug-likeness (QED) is 0.710. The maximum Gasteiger partial charge on any atom is 0.416 e. The Kier molecular flexibility index (Phi) is 3.02. The van der Waals surface area contributed by atoms with E-state index in [0.29, 0.717) is 6.42 Å². The van der Waals surface area contributed by atoms with Crippen LogP contribution in [0.1, 0.15) is 27.2 Å². The minimum atomic E-state index is -1.27. The molecule has 1 amide bonds. The molecular formula is C12H19NO6. The van der Waals surface area contributed by atoms with Crippen molar-refractivity contribution in [1.82, 2.24) is 4.90 Å².